The van der Waals surface area contributed by atoms with Crippen molar-refractivity contribution in [2.75, 3.05) is 41.4 Å². The van der Waals surface area contributed by atoms with Crippen molar-refractivity contribution in [3.05, 3.63) is 58.5 Å². The fraction of sp³-hybridized carbons (Fsp3) is 0.606. The molecule has 2 bridgehead atoms. The minimum atomic E-state index is -0.834. The van der Waals surface area contributed by atoms with Crippen molar-refractivity contribution >= 4 is 30.1 Å². The summed E-state index contributed by atoms with van der Waals surface area (Å²) in [6.07, 6.45) is 7.26. The van der Waals surface area contributed by atoms with Crippen molar-refractivity contribution in [3.63, 3.8) is 0 Å². The largest absolute Gasteiger partial charge is 0.455 e. The van der Waals surface area contributed by atoms with Crippen molar-refractivity contribution in [2.24, 2.45) is 11.8 Å². The second-order valence-corrected chi connectivity index (χ2v) is 11.9. The van der Waals surface area contributed by atoms with Gasteiger partial charge in [0.2, 0.25) is 5.78 Å². The lowest BCUT2D eigenvalue weighted by molar-refractivity contribution is -0.149. The van der Waals surface area contributed by atoms with Crippen LogP contribution in [0.15, 0.2) is 58.5 Å². The van der Waals surface area contributed by atoms with Gasteiger partial charge in [-0.2, -0.15) is 0 Å². The summed E-state index contributed by atoms with van der Waals surface area (Å²) in [5.41, 5.74) is 3.16. The number of carbonyl (C=O) groups excluding carboxylic acids is 3. The molecule has 2 aliphatic rings. The van der Waals surface area contributed by atoms with E-state index in [2.05, 4.69) is 17.6 Å². The van der Waals surface area contributed by atoms with E-state index < -0.39 is 30.4 Å². The van der Waals surface area contributed by atoms with E-state index in [9.17, 15) is 19.5 Å². The van der Waals surface area contributed by atoms with Crippen LogP contribution in [0.2, 0.25) is 0 Å². The molecule has 1 aliphatic carbocycles. The number of likely N-dealkylation sites (N-methyl/N-ethyl adjacent to an activating group) is 1. The third-order valence-electron chi connectivity index (χ3n) is 7.74. The molecule has 44 heavy (non-hydrogen) atoms. The smallest absolute Gasteiger partial charge is 0.303 e. The maximum absolute atomic E-state index is 13.3. The van der Waals surface area contributed by atoms with E-state index in [1.54, 1.807) is 32.3 Å². The number of carbonyl (C=O) groups is 3. The van der Waals surface area contributed by atoms with E-state index in [-0.39, 0.29) is 35.9 Å². The molecule has 0 unspecified atom stereocenters. The lowest BCUT2D eigenvalue weighted by Gasteiger charge is -2.30. The van der Waals surface area contributed by atoms with E-state index in [0.29, 0.717) is 42.8 Å². The van der Waals surface area contributed by atoms with Crippen LogP contribution in [0.5, 0.6) is 0 Å². The zero-order valence-electron chi connectivity index (χ0n) is 27.6. The summed E-state index contributed by atoms with van der Waals surface area (Å²) in [7, 11) is 7.04. The van der Waals surface area contributed by atoms with Gasteiger partial charge in [-0.15, -0.1) is 12.4 Å². The second kappa shape index (κ2) is 18.9. The van der Waals surface area contributed by atoms with E-state index in [0.717, 1.165) is 17.7 Å². The molecular formula is C33H52ClN3O7. The lowest BCUT2D eigenvalue weighted by Crippen LogP contribution is -2.36. The molecule has 248 valence electrons. The fourth-order valence-corrected chi connectivity index (χ4v) is 5.40. The standard InChI is InChI=1S/C33H51N3O7.ClH/c1-20-15-25-18-26(19-27(38)30(25)34-13-14-36(6)7)35-33(40)21(2)11-10-12-28(41-8)32(43-24(5)37)23(4)17-22(3)31(39)29(16-20)42-9;/h10-12,17,19-20,22,28-29,31-32,34,39H,13-16,18H2,1-9H3,(H,35,40);1H/b12-10-,21-11+,23-17+;/t20-,22+,28+,29+,31-,32+;/m1./s1. The minimum Gasteiger partial charge on any atom is -0.455 e. The van der Waals surface area contributed by atoms with Crippen LogP contribution in [0.1, 0.15) is 53.9 Å². The average molecular weight is 638 g/mol. The molecule has 0 radical (unpaired) electrons. The molecule has 0 saturated carbocycles. The number of esters is 1. The Labute approximate surface area is 269 Å². The normalized spacial score (nSPS) is 30.7. The number of halogens is 1. The zero-order chi connectivity index (χ0) is 32.3. The molecule has 0 fully saturated rings. The first-order valence-corrected chi connectivity index (χ1v) is 14.9. The second-order valence-electron chi connectivity index (χ2n) is 11.9. The summed E-state index contributed by atoms with van der Waals surface area (Å²) in [4.78, 5) is 40.3. The van der Waals surface area contributed by atoms with Crippen molar-refractivity contribution in [1.82, 2.24) is 15.5 Å². The van der Waals surface area contributed by atoms with E-state index in [4.69, 9.17) is 14.2 Å². The summed E-state index contributed by atoms with van der Waals surface area (Å²) >= 11 is 0. The zero-order valence-corrected chi connectivity index (χ0v) is 28.5. The molecule has 2 rings (SSSR count). The number of nitrogens with zero attached hydrogens (tertiary/aromatic N) is 1. The van der Waals surface area contributed by atoms with Gasteiger partial charge in [0, 0.05) is 63.9 Å². The maximum Gasteiger partial charge on any atom is 0.303 e. The van der Waals surface area contributed by atoms with Gasteiger partial charge in [0.25, 0.3) is 5.91 Å². The number of hydrogen-bond acceptors (Lipinski definition) is 9. The van der Waals surface area contributed by atoms with E-state index in [1.807, 2.05) is 38.9 Å². The molecule has 0 aromatic heterocycles. The Bertz CT molecular complexity index is 1160. The highest BCUT2D eigenvalue weighted by Gasteiger charge is 2.30. The third kappa shape index (κ3) is 12.0. The highest BCUT2D eigenvalue weighted by atomic mass is 35.5. The molecule has 1 aliphatic heterocycles. The quantitative estimate of drug-likeness (QED) is 0.283. The Balaban J connectivity index is 0.00000968. The third-order valence-corrected chi connectivity index (χ3v) is 7.74. The number of ketones is 1. The van der Waals surface area contributed by atoms with Gasteiger partial charge in [-0.3, -0.25) is 14.4 Å². The first kappa shape index (κ1) is 39.3. The predicted octanol–water partition coefficient (Wildman–Crippen LogP) is 3.62. The summed E-state index contributed by atoms with van der Waals surface area (Å²) < 4.78 is 17.0. The maximum atomic E-state index is 13.3. The Hall–Kier alpha value is -2.76. The van der Waals surface area contributed by atoms with Gasteiger partial charge in [0.05, 0.1) is 17.9 Å². The van der Waals surface area contributed by atoms with Gasteiger partial charge in [0.15, 0.2) is 6.10 Å². The summed E-state index contributed by atoms with van der Waals surface area (Å²) in [6.45, 7) is 10.2. The molecule has 0 saturated heterocycles. The van der Waals surface area contributed by atoms with Crippen LogP contribution in [0.4, 0.5) is 0 Å². The van der Waals surface area contributed by atoms with Crippen molar-refractivity contribution in [3.8, 4) is 0 Å². The summed E-state index contributed by atoms with van der Waals surface area (Å²) in [5.74, 6) is -1.23. The number of allylic oxidation sites excluding steroid dienone is 4. The fourth-order valence-electron chi connectivity index (χ4n) is 5.40. The summed E-state index contributed by atoms with van der Waals surface area (Å²) in [6, 6.07) is 0. The number of methoxy groups -OCH3 is 2. The molecule has 1 heterocycles. The van der Waals surface area contributed by atoms with Gasteiger partial charge in [-0.25, -0.2) is 0 Å². The Kier molecular flexibility index (Phi) is 16.9. The Morgan fingerprint density at radius 2 is 1.84 bits per heavy atom. The number of ether oxygens (including phenoxy) is 3. The van der Waals surface area contributed by atoms with Crippen molar-refractivity contribution in [2.45, 2.75) is 78.3 Å². The predicted molar refractivity (Wildman–Crippen MR) is 174 cm³/mol. The topological polar surface area (TPSA) is 126 Å². The van der Waals surface area contributed by atoms with Crippen LogP contribution in [-0.2, 0) is 28.6 Å². The Morgan fingerprint density at radius 3 is 2.43 bits per heavy atom. The van der Waals surface area contributed by atoms with Crippen molar-refractivity contribution in [1.29, 1.82) is 0 Å². The highest BCUT2D eigenvalue weighted by Crippen LogP contribution is 2.30. The van der Waals surface area contributed by atoms with Crippen LogP contribution in [-0.4, -0.2) is 93.5 Å². The average Bonchev–Trinajstić information content (AvgIpc) is 2.93. The van der Waals surface area contributed by atoms with Gasteiger partial charge in [-0.1, -0.05) is 38.2 Å². The SMILES string of the molecule is CO[C@H]1/C=C\C=C(/C)C(=O)NC2=CC(=O)C(NCCN(C)C)=C(C2)C[C@@H](C)C[C@H](OC)[C@H](O)[C@@H](C)/C=C(\C)[C@@H]1OC(C)=O.Cl. The monoisotopic (exact) mass is 637 g/mol. The molecule has 6 atom stereocenters. The molecule has 10 nitrogen and oxygen atoms in total. The van der Waals surface area contributed by atoms with Crippen LogP contribution in [0.25, 0.3) is 0 Å². The molecule has 1 amide bonds. The molecule has 0 spiro atoms. The van der Waals surface area contributed by atoms with Crippen LogP contribution in [0, 0.1) is 11.8 Å². The number of amides is 1. The van der Waals surface area contributed by atoms with E-state index >= 15 is 0 Å². The molecule has 0 aromatic carbocycles. The summed E-state index contributed by atoms with van der Waals surface area (Å²) in [5, 5.41) is 17.5. The minimum absolute atomic E-state index is 0. The van der Waals surface area contributed by atoms with Crippen molar-refractivity contribution < 1.29 is 33.7 Å². The van der Waals surface area contributed by atoms with Crippen LogP contribution < -0.4 is 10.6 Å². The molecule has 0 aromatic rings. The van der Waals surface area contributed by atoms with E-state index in [1.165, 1.54) is 20.1 Å². The molecular weight excluding hydrogens is 586 g/mol. The van der Waals surface area contributed by atoms with Gasteiger partial charge >= 0.3 is 5.97 Å². The highest BCUT2D eigenvalue weighted by molar-refractivity contribution is 6.06. The van der Waals surface area contributed by atoms with Crippen LogP contribution in [0.3, 0.4) is 0 Å². The van der Waals surface area contributed by atoms with Gasteiger partial charge < -0.3 is 34.9 Å². The molecule has 11 heteroatoms. The lowest BCUT2D eigenvalue weighted by atomic mass is 9.85. The van der Waals surface area contributed by atoms with Gasteiger partial charge in [0.1, 0.15) is 6.10 Å². The number of rotatable bonds is 7. The first-order chi connectivity index (χ1) is 20.3. The number of hydrogen-bond donors (Lipinski definition) is 3. The number of aliphatic hydroxyl groups is 1. The number of fused-ring (bicyclic) bond motifs is 2. The van der Waals surface area contributed by atoms with Gasteiger partial charge in [-0.05, 0) is 57.8 Å². The Morgan fingerprint density at radius 1 is 1.16 bits per heavy atom. The first-order valence-electron chi connectivity index (χ1n) is 14.9. The number of nitrogens with one attached hydrogen (secondary N) is 2. The van der Waals surface area contributed by atoms with Crippen LogP contribution >= 0.6 is 12.4 Å². The number of aliphatic hydroxyl groups excluding tert-OH is 1. The molecule has 3 N–H and O–H groups in total.